The van der Waals surface area contributed by atoms with Crippen LogP contribution in [0.1, 0.15) is 28.1 Å². The van der Waals surface area contributed by atoms with Crippen LogP contribution in [0.5, 0.6) is 0 Å². The number of carbonyl (C=O) groups is 3. The van der Waals surface area contributed by atoms with Crippen molar-refractivity contribution in [2.75, 3.05) is 6.54 Å². The molecule has 1 aromatic carbocycles. The van der Waals surface area contributed by atoms with E-state index in [-0.39, 0.29) is 19.7 Å². The Bertz CT molecular complexity index is 904. The Morgan fingerprint density at radius 1 is 1.22 bits per heavy atom. The minimum absolute atomic E-state index is 0.0321. The molecule has 1 aromatic heterocycles. The molecular formula is C18H19N3O6. The number of carboxylic acid groups (broad SMARTS) is 1. The third-order valence-electron chi connectivity index (χ3n) is 4.35. The van der Waals surface area contributed by atoms with Crippen LogP contribution in [-0.4, -0.2) is 44.3 Å². The number of rotatable bonds is 3. The second-order valence-electron chi connectivity index (χ2n) is 6.30. The smallest absolute Gasteiger partial charge is 0.442 e. The lowest BCUT2D eigenvalue weighted by Gasteiger charge is -2.23. The molecule has 3 rings (SSSR count). The van der Waals surface area contributed by atoms with E-state index in [1.54, 1.807) is 0 Å². The molecule has 2 heterocycles. The monoisotopic (exact) mass is 373 g/mol. The summed E-state index contributed by atoms with van der Waals surface area (Å²) in [5, 5.41) is 9.02. The third-order valence-corrected chi connectivity index (χ3v) is 4.35. The Labute approximate surface area is 155 Å². The summed E-state index contributed by atoms with van der Waals surface area (Å²) in [5.74, 6) is -2.28. The number of nitrogens with zero attached hydrogens (tertiary/aromatic N) is 3. The van der Waals surface area contributed by atoms with Crippen molar-refractivity contribution in [3.8, 4) is 0 Å². The van der Waals surface area contributed by atoms with Crippen molar-refractivity contribution in [1.29, 1.82) is 0 Å². The van der Waals surface area contributed by atoms with Gasteiger partial charge in [-0.25, -0.2) is 19.4 Å². The van der Waals surface area contributed by atoms with E-state index in [0.717, 1.165) is 21.4 Å². The van der Waals surface area contributed by atoms with E-state index in [9.17, 15) is 14.4 Å². The van der Waals surface area contributed by atoms with Gasteiger partial charge in [-0.15, -0.1) is 0 Å². The van der Waals surface area contributed by atoms with Crippen molar-refractivity contribution >= 4 is 18.0 Å². The largest absolute Gasteiger partial charge is 0.465 e. The molecule has 0 spiro atoms. The summed E-state index contributed by atoms with van der Waals surface area (Å²) < 4.78 is 6.11. The maximum Gasteiger partial charge on any atom is 0.442 e. The van der Waals surface area contributed by atoms with Gasteiger partial charge in [0, 0.05) is 13.0 Å². The van der Waals surface area contributed by atoms with Crippen molar-refractivity contribution < 1.29 is 29.1 Å². The quantitative estimate of drug-likeness (QED) is 0.636. The van der Waals surface area contributed by atoms with Crippen LogP contribution in [0.25, 0.3) is 0 Å². The van der Waals surface area contributed by atoms with Crippen molar-refractivity contribution in [3.63, 3.8) is 0 Å². The van der Waals surface area contributed by atoms with Crippen LogP contribution in [0.4, 0.5) is 4.79 Å². The zero-order chi connectivity index (χ0) is 19.6. The van der Waals surface area contributed by atoms with Crippen LogP contribution < -0.4 is 4.84 Å². The van der Waals surface area contributed by atoms with Gasteiger partial charge in [0.25, 0.3) is 0 Å². The number of hydrogen-bond acceptors (Lipinski definition) is 6. The number of carbonyl (C=O) groups excluding carboxylic acids is 2. The van der Waals surface area contributed by atoms with Crippen molar-refractivity contribution in [2.24, 2.45) is 0 Å². The average Bonchev–Trinajstić information content (AvgIpc) is 3.02. The highest BCUT2D eigenvalue weighted by Crippen LogP contribution is 2.17. The number of benzene rings is 1. The molecule has 0 saturated carbocycles. The van der Waals surface area contributed by atoms with Gasteiger partial charge in [-0.3, -0.25) is 0 Å². The SMILES string of the molecule is Cc1ccc(COC(=O)C(=O)On2cnc3c2CCN(C(=O)O)C3)c(C)c1. The highest BCUT2D eigenvalue weighted by molar-refractivity contribution is 6.29. The summed E-state index contributed by atoms with van der Waals surface area (Å²) in [7, 11) is 0. The van der Waals surface area contributed by atoms with Crippen molar-refractivity contribution in [2.45, 2.75) is 33.4 Å². The molecule has 0 radical (unpaired) electrons. The van der Waals surface area contributed by atoms with E-state index in [0.29, 0.717) is 17.8 Å². The molecule has 27 heavy (non-hydrogen) atoms. The predicted octanol–water partition coefficient (Wildman–Crippen LogP) is 1.23. The summed E-state index contributed by atoms with van der Waals surface area (Å²) >= 11 is 0. The van der Waals surface area contributed by atoms with Gasteiger partial charge in [-0.2, -0.15) is 4.73 Å². The second-order valence-corrected chi connectivity index (χ2v) is 6.30. The van der Waals surface area contributed by atoms with Crippen LogP contribution in [0, 0.1) is 13.8 Å². The maximum atomic E-state index is 12.0. The second kappa shape index (κ2) is 7.48. The molecule has 1 amide bonds. The lowest BCUT2D eigenvalue weighted by molar-refractivity contribution is -0.168. The number of imidazole rings is 1. The van der Waals surface area contributed by atoms with Gasteiger partial charge in [0.1, 0.15) is 12.9 Å². The summed E-state index contributed by atoms with van der Waals surface area (Å²) in [6, 6.07) is 5.69. The van der Waals surface area contributed by atoms with Gasteiger partial charge in [-0.05, 0) is 25.0 Å². The Morgan fingerprint density at radius 3 is 2.70 bits per heavy atom. The highest BCUT2D eigenvalue weighted by atomic mass is 16.7. The Morgan fingerprint density at radius 2 is 2.00 bits per heavy atom. The number of hydrogen-bond donors (Lipinski definition) is 1. The fraction of sp³-hybridized carbons (Fsp3) is 0.333. The molecule has 0 fully saturated rings. The van der Waals surface area contributed by atoms with E-state index < -0.39 is 18.0 Å². The van der Waals surface area contributed by atoms with Crippen LogP contribution in [0.3, 0.4) is 0 Å². The molecule has 1 aliphatic heterocycles. The van der Waals surface area contributed by atoms with Gasteiger partial charge in [0.05, 0.1) is 17.9 Å². The number of ether oxygens (including phenoxy) is 1. The molecule has 1 aliphatic rings. The predicted molar refractivity (Wildman–Crippen MR) is 91.7 cm³/mol. The van der Waals surface area contributed by atoms with Gasteiger partial charge in [-0.1, -0.05) is 23.8 Å². The number of esters is 1. The first-order chi connectivity index (χ1) is 12.8. The van der Waals surface area contributed by atoms with Gasteiger partial charge in [0.2, 0.25) is 0 Å². The summed E-state index contributed by atoms with van der Waals surface area (Å²) in [5.41, 5.74) is 3.90. The average molecular weight is 373 g/mol. The fourth-order valence-electron chi connectivity index (χ4n) is 2.86. The number of amides is 1. The van der Waals surface area contributed by atoms with Crippen LogP contribution in [0.15, 0.2) is 24.5 Å². The lowest BCUT2D eigenvalue weighted by atomic mass is 10.1. The van der Waals surface area contributed by atoms with E-state index in [2.05, 4.69) is 4.98 Å². The van der Waals surface area contributed by atoms with E-state index >= 15 is 0 Å². The van der Waals surface area contributed by atoms with E-state index in [1.165, 1.54) is 11.2 Å². The lowest BCUT2D eigenvalue weighted by Crippen LogP contribution is -2.36. The molecule has 0 aliphatic carbocycles. The summed E-state index contributed by atoms with van der Waals surface area (Å²) in [6.07, 6.45) is 0.528. The van der Waals surface area contributed by atoms with Crippen LogP contribution in [-0.2, 0) is 33.9 Å². The molecule has 9 heteroatoms. The first kappa shape index (κ1) is 18.4. The Kier molecular flexibility index (Phi) is 5.11. The molecular weight excluding hydrogens is 354 g/mol. The molecule has 0 atom stereocenters. The first-order valence-corrected chi connectivity index (χ1v) is 8.33. The number of aryl methyl sites for hydroxylation is 2. The molecule has 1 N–H and O–H groups in total. The zero-order valence-corrected chi connectivity index (χ0v) is 15.0. The number of aromatic nitrogens is 2. The minimum atomic E-state index is -1.17. The first-order valence-electron chi connectivity index (χ1n) is 8.33. The summed E-state index contributed by atoms with van der Waals surface area (Å²) in [6.45, 7) is 4.18. The molecule has 9 nitrogen and oxygen atoms in total. The standard InChI is InChI=1S/C18H19N3O6/c1-11-3-4-13(12(2)7-11)9-26-16(22)17(23)27-21-10-19-14-8-20(18(24)25)6-5-15(14)21/h3-4,7,10H,5-6,8-9H2,1-2H3,(H,24,25). The zero-order valence-electron chi connectivity index (χ0n) is 15.0. The minimum Gasteiger partial charge on any atom is -0.465 e. The normalized spacial score (nSPS) is 13.0. The molecule has 142 valence electrons. The summed E-state index contributed by atoms with van der Waals surface area (Å²) in [4.78, 5) is 45.2. The molecule has 0 bridgehead atoms. The third kappa shape index (κ3) is 4.08. The van der Waals surface area contributed by atoms with E-state index in [4.69, 9.17) is 14.7 Å². The van der Waals surface area contributed by atoms with Crippen molar-refractivity contribution in [1.82, 2.24) is 14.6 Å². The van der Waals surface area contributed by atoms with Crippen LogP contribution >= 0.6 is 0 Å². The Hall–Kier alpha value is -3.36. The van der Waals surface area contributed by atoms with Gasteiger partial charge in [0.15, 0.2) is 0 Å². The highest BCUT2D eigenvalue weighted by Gasteiger charge is 2.27. The van der Waals surface area contributed by atoms with Crippen molar-refractivity contribution in [3.05, 3.63) is 52.6 Å². The maximum absolute atomic E-state index is 12.0. The fourth-order valence-corrected chi connectivity index (χ4v) is 2.86. The van der Waals surface area contributed by atoms with Gasteiger partial charge < -0.3 is 19.6 Å². The van der Waals surface area contributed by atoms with E-state index in [1.807, 2.05) is 32.0 Å². The van der Waals surface area contributed by atoms with Crippen LogP contribution in [0.2, 0.25) is 0 Å². The topological polar surface area (TPSA) is 111 Å². The molecule has 0 unspecified atom stereocenters. The van der Waals surface area contributed by atoms with Gasteiger partial charge >= 0.3 is 18.0 Å². The molecule has 0 saturated heterocycles. The molecule has 2 aromatic rings. The Balaban J connectivity index is 1.59. The number of fused-ring (bicyclic) bond motifs is 1.